The van der Waals surface area contributed by atoms with Gasteiger partial charge in [0.1, 0.15) is 23.4 Å². The second-order valence-electron chi connectivity index (χ2n) is 13.3. The van der Waals surface area contributed by atoms with Gasteiger partial charge in [-0.3, -0.25) is 14.4 Å². The monoisotopic (exact) mass is 851 g/mol. The minimum Gasteiger partial charge on any atom is -0.484 e. The van der Waals surface area contributed by atoms with Crippen molar-refractivity contribution < 1.29 is 51.7 Å². The number of ketones is 1. The minimum absolute atomic E-state index is 0.0806. The van der Waals surface area contributed by atoms with Crippen molar-refractivity contribution in [3.05, 3.63) is 97.9 Å². The summed E-state index contributed by atoms with van der Waals surface area (Å²) in [5, 5.41) is 17.6. The zero-order valence-electron chi connectivity index (χ0n) is 30.2. The molecule has 3 atom stereocenters. The number of amides is 3. The normalized spacial score (nSPS) is 13.0. The topological polar surface area (TPSA) is 160 Å². The first kappa shape index (κ1) is 46.9. The zero-order valence-corrected chi connectivity index (χ0v) is 33.3. The van der Waals surface area contributed by atoms with Crippen molar-refractivity contribution in [2.45, 2.75) is 77.4 Å². The summed E-state index contributed by atoms with van der Waals surface area (Å²) < 4.78 is 49.4. The average Bonchev–Trinajstić information content (AvgIpc) is 3.05. The molecule has 0 saturated heterocycles. The van der Waals surface area contributed by atoms with E-state index in [0.29, 0.717) is 15.6 Å². The number of carbonyl (C=O) groups excluding carboxylic acids is 4. The summed E-state index contributed by atoms with van der Waals surface area (Å²) in [5.74, 6) is -5.55. The van der Waals surface area contributed by atoms with Crippen LogP contribution >= 0.6 is 46.4 Å². The number of ether oxygens (including phenoxy) is 2. The number of halogens is 7. The van der Waals surface area contributed by atoms with Crippen LogP contribution in [0.1, 0.15) is 45.7 Å². The number of aliphatic carboxylic acids is 1. The maximum Gasteiger partial charge on any atom is 0.452 e. The smallest absolute Gasteiger partial charge is 0.452 e. The van der Waals surface area contributed by atoms with E-state index in [4.69, 9.17) is 61.0 Å². The van der Waals surface area contributed by atoms with Crippen molar-refractivity contribution in [2.75, 3.05) is 6.61 Å². The number of nitrogens with one attached hydrogen (secondary N) is 3. The third-order valence-electron chi connectivity index (χ3n) is 7.08. The molecule has 300 valence electrons. The Morgan fingerprint density at radius 3 is 1.60 bits per heavy atom. The highest BCUT2D eigenvalue weighted by Crippen LogP contribution is 2.24. The summed E-state index contributed by atoms with van der Waals surface area (Å²) in [6.07, 6.45) is -5.81. The highest BCUT2D eigenvalue weighted by atomic mass is 35.5. The van der Waals surface area contributed by atoms with Crippen LogP contribution in [0.3, 0.4) is 0 Å². The lowest BCUT2D eigenvalue weighted by Gasteiger charge is -2.25. The average molecular weight is 854 g/mol. The number of carboxylic acids is 1. The number of hydrogen-bond donors (Lipinski definition) is 4. The van der Waals surface area contributed by atoms with E-state index in [1.165, 1.54) is 32.0 Å². The highest BCUT2D eigenvalue weighted by Gasteiger charge is 2.45. The molecule has 0 radical (unpaired) electrons. The van der Waals surface area contributed by atoms with E-state index in [-0.39, 0.29) is 28.6 Å². The number of hydrogen-bond acceptors (Lipinski definition) is 7. The molecule has 0 aliphatic rings. The number of carbonyl (C=O) groups is 5. The van der Waals surface area contributed by atoms with E-state index >= 15 is 0 Å². The Labute approximate surface area is 336 Å². The molecule has 4 N–H and O–H groups in total. The van der Waals surface area contributed by atoms with Gasteiger partial charge in [0.2, 0.25) is 5.91 Å². The Bertz CT molecular complexity index is 1770. The first-order valence-corrected chi connectivity index (χ1v) is 18.0. The summed E-state index contributed by atoms with van der Waals surface area (Å²) >= 11 is 23.4. The largest absolute Gasteiger partial charge is 0.484 e. The predicted octanol–water partition coefficient (Wildman–Crippen LogP) is 7.89. The van der Waals surface area contributed by atoms with Gasteiger partial charge in [0.25, 0.3) is 11.7 Å². The molecule has 0 spiro atoms. The number of Topliss-reactive ketones (excluding diaryl/α,β-unsaturated/α-hetero) is 1. The standard InChI is InChI=1S/C23H22Cl3F3N2O4.C14H18ClNO4/c1-12(2)20(21(33)23(27,28)29)31-22(34)18(7-13-3-5-14(24)6-4-13)30-19(32)11-35-17-9-15(25)8-16(26)10-17;1-14(2,3)20-13(19)16-11(12(17)18)8-9-4-6-10(15)7-5-9/h3-6,8-10,12,18,20H,7,11H2,1-2H3,(H,30,32)(H,31,34);4-7,11H,8H2,1-3H3,(H,16,19)(H,17,18)/t18-,20-;11-/m00/s1. The van der Waals surface area contributed by atoms with E-state index in [1.807, 2.05) is 0 Å². The van der Waals surface area contributed by atoms with Gasteiger partial charge in [-0.25, -0.2) is 9.59 Å². The fourth-order valence-corrected chi connectivity index (χ4v) is 5.29. The van der Waals surface area contributed by atoms with E-state index in [1.54, 1.807) is 69.3 Å². The van der Waals surface area contributed by atoms with Crippen LogP contribution in [0.4, 0.5) is 18.0 Å². The molecule has 0 unspecified atom stereocenters. The number of benzene rings is 3. The first-order chi connectivity index (χ1) is 25.4. The second-order valence-corrected chi connectivity index (χ2v) is 15.1. The van der Waals surface area contributed by atoms with Gasteiger partial charge in [0, 0.05) is 32.9 Å². The molecule has 18 heteroatoms. The molecular formula is C37H40Cl4F3N3O8. The molecule has 0 fully saturated rings. The first-order valence-electron chi connectivity index (χ1n) is 16.4. The van der Waals surface area contributed by atoms with Crippen molar-refractivity contribution in [1.29, 1.82) is 0 Å². The molecular weight excluding hydrogens is 813 g/mol. The zero-order chi connectivity index (χ0) is 41.7. The molecule has 11 nitrogen and oxygen atoms in total. The summed E-state index contributed by atoms with van der Waals surface area (Å²) in [6, 6.07) is 13.2. The number of carboxylic acid groups (broad SMARTS) is 1. The van der Waals surface area contributed by atoms with Crippen LogP contribution in [0, 0.1) is 5.92 Å². The molecule has 0 aliphatic heterocycles. The van der Waals surface area contributed by atoms with Crippen molar-refractivity contribution in [2.24, 2.45) is 5.92 Å². The Kier molecular flexibility index (Phi) is 18.1. The van der Waals surface area contributed by atoms with Crippen LogP contribution in [0.25, 0.3) is 0 Å². The fraction of sp³-hybridized carbons (Fsp3) is 0.378. The van der Waals surface area contributed by atoms with Crippen molar-refractivity contribution in [3.8, 4) is 5.75 Å². The SMILES string of the molecule is CC(C)(C)OC(=O)N[C@@H](Cc1ccc(Cl)cc1)C(=O)O.CC(C)[C@H](NC(=O)[C@H](Cc1ccc(Cl)cc1)NC(=O)COc1cc(Cl)cc(Cl)c1)C(=O)C(F)(F)F. The van der Waals surface area contributed by atoms with Crippen LogP contribution in [0.15, 0.2) is 66.7 Å². The number of alkyl halides is 3. The van der Waals surface area contributed by atoms with E-state index in [0.717, 1.165) is 5.56 Å². The third-order valence-corrected chi connectivity index (χ3v) is 8.02. The molecule has 3 amide bonds. The maximum absolute atomic E-state index is 13.0. The van der Waals surface area contributed by atoms with E-state index in [9.17, 15) is 37.1 Å². The van der Waals surface area contributed by atoms with Gasteiger partial charge in [-0.1, -0.05) is 84.5 Å². The Hall–Kier alpha value is -4.24. The Morgan fingerprint density at radius 1 is 0.709 bits per heavy atom. The molecule has 0 aromatic heterocycles. The molecule has 0 aliphatic carbocycles. The van der Waals surface area contributed by atoms with Crippen LogP contribution in [-0.2, 0) is 36.8 Å². The third kappa shape index (κ3) is 17.8. The van der Waals surface area contributed by atoms with Gasteiger partial charge >= 0.3 is 18.2 Å². The van der Waals surface area contributed by atoms with Gasteiger partial charge in [-0.15, -0.1) is 0 Å². The molecule has 3 rings (SSSR count). The van der Waals surface area contributed by atoms with Gasteiger partial charge in [-0.2, -0.15) is 13.2 Å². The quantitative estimate of drug-likeness (QED) is 0.128. The summed E-state index contributed by atoms with van der Waals surface area (Å²) in [4.78, 5) is 60.0. The maximum atomic E-state index is 13.0. The molecule has 0 saturated carbocycles. The lowest BCUT2D eigenvalue weighted by atomic mass is 9.98. The second kappa shape index (κ2) is 21.2. The van der Waals surface area contributed by atoms with Crippen molar-refractivity contribution in [3.63, 3.8) is 0 Å². The molecule has 3 aromatic carbocycles. The van der Waals surface area contributed by atoms with Gasteiger partial charge < -0.3 is 30.5 Å². The molecule has 3 aromatic rings. The summed E-state index contributed by atoms with van der Waals surface area (Å²) in [5.41, 5.74) is 0.659. The fourth-order valence-electron chi connectivity index (χ4n) is 4.53. The van der Waals surface area contributed by atoms with Gasteiger partial charge in [0.15, 0.2) is 6.61 Å². The summed E-state index contributed by atoms with van der Waals surface area (Å²) in [7, 11) is 0. The lowest BCUT2D eigenvalue weighted by molar-refractivity contribution is -0.175. The van der Waals surface area contributed by atoms with Crippen LogP contribution in [0.5, 0.6) is 5.75 Å². The number of alkyl carbamates (subject to hydrolysis) is 1. The Balaban J connectivity index is 0.000000443. The Morgan fingerprint density at radius 2 is 1.18 bits per heavy atom. The molecule has 0 bridgehead atoms. The van der Waals surface area contributed by atoms with Crippen molar-refractivity contribution >= 4 is 76.1 Å². The highest BCUT2D eigenvalue weighted by molar-refractivity contribution is 6.34. The van der Waals surface area contributed by atoms with Crippen LogP contribution in [-0.4, -0.2) is 71.3 Å². The van der Waals surface area contributed by atoms with E-state index < -0.39 is 72.1 Å². The van der Waals surface area contributed by atoms with E-state index in [2.05, 4.69) is 16.0 Å². The van der Waals surface area contributed by atoms with Crippen LogP contribution in [0.2, 0.25) is 20.1 Å². The predicted molar refractivity (Wildman–Crippen MR) is 203 cm³/mol. The van der Waals surface area contributed by atoms with Crippen LogP contribution < -0.4 is 20.7 Å². The summed E-state index contributed by atoms with van der Waals surface area (Å²) in [6.45, 7) is 7.33. The molecule has 0 heterocycles. The lowest BCUT2D eigenvalue weighted by Crippen LogP contribution is -2.56. The van der Waals surface area contributed by atoms with Crippen molar-refractivity contribution in [1.82, 2.24) is 16.0 Å². The minimum atomic E-state index is -5.14. The van der Waals surface area contributed by atoms with Gasteiger partial charge in [0.05, 0.1) is 6.04 Å². The van der Waals surface area contributed by atoms with Gasteiger partial charge in [-0.05, 0) is 80.3 Å². The number of rotatable bonds is 14. The molecule has 55 heavy (non-hydrogen) atoms.